The minimum Gasteiger partial charge on any atom is -0.0748 e. The Kier molecular flexibility index (Phi) is 2.02. The van der Waals surface area contributed by atoms with Crippen molar-refractivity contribution in [2.75, 3.05) is 0 Å². The van der Waals surface area contributed by atoms with E-state index in [1.807, 2.05) is 0 Å². The van der Waals surface area contributed by atoms with Gasteiger partial charge in [0.25, 0.3) is 0 Å². The van der Waals surface area contributed by atoms with E-state index in [0.717, 1.165) is 0 Å². The van der Waals surface area contributed by atoms with Crippen molar-refractivity contribution >= 4 is 0 Å². The van der Waals surface area contributed by atoms with E-state index in [-0.39, 0.29) is 0 Å². The predicted octanol–water partition coefficient (Wildman–Crippen LogP) is 3.48. The highest BCUT2D eigenvalue weighted by molar-refractivity contribution is 5.01. The third kappa shape index (κ3) is 1.50. The molecule has 0 unspecified atom stereocenters. The van der Waals surface area contributed by atoms with Crippen molar-refractivity contribution in [2.45, 2.75) is 51.4 Å². The van der Waals surface area contributed by atoms with Gasteiger partial charge in [0.1, 0.15) is 0 Å². The van der Waals surface area contributed by atoms with Crippen LogP contribution in [0.3, 0.4) is 0 Å². The molecular formula is C11H17. The first-order valence-electron chi connectivity index (χ1n) is 4.99. The molecule has 0 atom stereocenters. The minimum atomic E-state index is 0.622. The predicted molar refractivity (Wildman–Crippen MR) is 47.2 cm³/mol. The van der Waals surface area contributed by atoms with Crippen molar-refractivity contribution in [2.24, 2.45) is 5.41 Å². The average Bonchev–Trinajstić information content (AvgIpc) is 2.07. The molecule has 0 N–H and O–H groups in total. The molecule has 0 aromatic carbocycles. The van der Waals surface area contributed by atoms with Crippen LogP contribution in [0.5, 0.6) is 0 Å². The van der Waals surface area contributed by atoms with Gasteiger partial charge in [-0.15, -0.1) is 0 Å². The van der Waals surface area contributed by atoms with Gasteiger partial charge >= 0.3 is 0 Å². The van der Waals surface area contributed by atoms with Crippen LogP contribution >= 0.6 is 0 Å². The second kappa shape index (κ2) is 3.00. The molecule has 0 aliphatic heterocycles. The molecule has 1 fully saturated rings. The van der Waals surface area contributed by atoms with Crippen LogP contribution in [0.2, 0.25) is 0 Å². The van der Waals surface area contributed by atoms with Gasteiger partial charge in [-0.05, 0) is 43.6 Å². The molecule has 2 rings (SSSR count). The molecule has 61 valence electrons. The quantitative estimate of drug-likeness (QED) is 0.494. The van der Waals surface area contributed by atoms with Crippen LogP contribution in [0.1, 0.15) is 51.4 Å². The van der Waals surface area contributed by atoms with E-state index >= 15 is 0 Å². The minimum absolute atomic E-state index is 0.622. The fourth-order valence-corrected chi connectivity index (χ4v) is 2.55. The zero-order valence-electron chi connectivity index (χ0n) is 7.23. The van der Waals surface area contributed by atoms with Crippen LogP contribution in [-0.2, 0) is 0 Å². The third-order valence-corrected chi connectivity index (χ3v) is 3.25. The van der Waals surface area contributed by atoms with Gasteiger partial charge in [-0.1, -0.05) is 25.3 Å². The van der Waals surface area contributed by atoms with Crippen molar-refractivity contribution in [3.8, 4) is 0 Å². The Morgan fingerprint density at radius 2 is 1.64 bits per heavy atom. The highest BCUT2D eigenvalue weighted by atomic mass is 14.3. The molecule has 0 aromatic heterocycles. The lowest BCUT2D eigenvalue weighted by molar-refractivity contribution is 0.224. The van der Waals surface area contributed by atoms with Crippen molar-refractivity contribution in [3.63, 3.8) is 0 Å². The molecule has 0 saturated heterocycles. The molecule has 1 spiro atoms. The van der Waals surface area contributed by atoms with Crippen LogP contribution in [0.25, 0.3) is 0 Å². The summed E-state index contributed by atoms with van der Waals surface area (Å²) in [5.41, 5.74) is 0.622. The monoisotopic (exact) mass is 149 g/mol. The summed E-state index contributed by atoms with van der Waals surface area (Å²) in [4.78, 5) is 0. The lowest BCUT2D eigenvalue weighted by Crippen LogP contribution is -2.23. The Hall–Kier alpha value is -0.260. The zero-order chi connectivity index (χ0) is 7.57. The molecule has 0 amide bonds. The van der Waals surface area contributed by atoms with E-state index < -0.39 is 0 Å². The molecule has 0 aromatic rings. The summed E-state index contributed by atoms with van der Waals surface area (Å²) in [7, 11) is 0. The van der Waals surface area contributed by atoms with Gasteiger partial charge in [-0.2, -0.15) is 0 Å². The molecule has 11 heavy (non-hydrogen) atoms. The standard InChI is InChI=1S/C11H17/c1-3-7-11(8-4-1)9-5-2-6-10-11/h10H,1-5,7-9H2. The number of hydrogen-bond donors (Lipinski definition) is 0. The second-order valence-corrected chi connectivity index (χ2v) is 4.13. The van der Waals surface area contributed by atoms with Gasteiger partial charge in [0.2, 0.25) is 0 Å². The average molecular weight is 149 g/mol. The lowest BCUT2D eigenvalue weighted by atomic mass is 9.69. The van der Waals surface area contributed by atoms with Crippen LogP contribution in [-0.4, -0.2) is 0 Å². The second-order valence-electron chi connectivity index (χ2n) is 4.13. The van der Waals surface area contributed by atoms with Crippen LogP contribution in [0.15, 0.2) is 6.08 Å². The number of hydrogen-bond acceptors (Lipinski definition) is 0. The van der Waals surface area contributed by atoms with E-state index in [4.69, 9.17) is 0 Å². The molecule has 2 aliphatic carbocycles. The Labute approximate surface area is 69.7 Å². The van der Waals surface area contributed by atoms with Gasteiger partial charge in [0.15, 0.2) is 0 Å². The van der Waals surface area contributed by atoms with Crippen LogP contribution in [0.4, 0.5) is 0 Å². The first-order valence-corrected chi connectivity index (χ1v) is 4.99. The normalized spacial score (nSPS) is 29.1. The van der Waals surface area contributed by atoms with Crippen LogP contribution in [0, 0.1) is 11.5 Å². The van der Waals surface area contributed by atoms with E-state index in [1.165, 1.54) is 51.4 Å². The number of rotatable bonds is 0. The van der Waals surface area contributed by atoms with Crippen LogP contribution < -0.4 is 0 Å². The zero-order valence-corrected chi connectivity index (χ0v) is 7.23. The molecule has 0 bridgehead atoms. The Bertz CT molecular complexity index is 149. The van der Waals surface area contributed by atoms with Gasteiger partial charge in [0.05, 0.1) is 0 Å². The van der Waals surface area contributed by atoms with Gasteiger partial charge in [0, 0.05) is 0 Å². The maximum absolute atomic E-state index is 3.42. The summed E-state index contributed by atoms with van der Waals surface area (Å²) in [6, 6.07) is 0. The topological polar surface area (TPSA) is 0 Å². The summed E-state index contributed by atoms with van der Waals surface area (Å²) in [6.07, 6.45) is 17.1. The van der Waals surface area contributed by atoms with Gasteiger partial charge in [-0.3, -0.25) is 0 Å². The Balaban J connectivity index is 2.06. The molecular weight excluding hydrogens is 132 g/mol. The lowest BCUT2D eigenvalue weighted by Gasteiger charge is -2.36. The van der Waals surface area contributed by atoms with E-state index in [0.29, 0.717) is 5.41 Å². The highest BCUT2D eigenvalue weighted by Crippen LogP contribution is 2.43. The van der Waals surface area contributed by atoms with E-state index in [9.17, 15) is 0 Å². The van der Waals surface area contributed by atoms with Gasteiger partial charge in [-0.25, -0.2) is 0 Å². The maximum atomic E-state index is 3.42. The van der Waals surface area contributed by atoms with E-state index in [1.54, 1.807) is 0 Å². The maximum Gasteiger partial charge on any atom is -0.0112 e. The Morgan fingerprint density at radius 3 is 2.27 bits per heavy atom. The summed E-state index contributed by atoms with van der Waals surface area (Å²) in [5, 5.41) is 0. The summed E-state index contributed by atoms with van der Waals surface area (Å²) < 4.78 is 0. The SMILES string of the molecule is [C]1=CC2(CCC1)CCCCC2. The van der Waals surface area contributed by atoms with Crippen molar-refractivity contribution < 1.29 is 0 Å². The summed E-state index contributed by atoms with van der Waals surface area (Å²) >= 11 is 0. The van der Waals surface area contributed by atoms with E-state index in [2.05, 4.69) is 12.2 Å². The molecule has 1 saturated carbocycles. The fraction of sp³-hybridized carbons (Fsp3) is 0.818. The fourth-order valence-electron chi connectivity index (χ4n) is 2.55. The Morgan fingerprint density at radius 1 is 0.909 bits per heavy atom. The molecule has 0 heteroatoms. The molecule has 0 nitrogen and oxygen atoms in total. The third-order valence-electron chi connectivity index (χ3n) is 3.25. The largest absolute Gasteiger partial charge is 0.0748 e. The van der Waals surface area contributed by atoms with Crippen molar-refractivity contribution in [1.29, 1.82) is 0 Å². The van der Waals surface area contributed by atoms with Crippen molar-refractivity contribution in [1.82, 2.24) is 0 Å². The highest BCUT2D eigenvalue weighted by Gasteiger charge is 2.29. The van der Waals surface area contributed by atoms with Crippen molar-refractivity contribution in [3.05, 3.63) is 12.2 Å². The molecule has 0 heterocycles. The van der Waals surface area contributed by atoms with Gasteiger partial charge < -0.3 is 0 Å². The molecule has 1 radical (unpaired) electrons. The smallest absolute Gasteiger partial charge is 0.0112 e. The number of allylic oxidation sites excluding steroid dienone is 2. The first kappa shape index (κ1) is 7.39. The summed E-state index contributed by atoms with van der Waals surface area (Å²) in [5.74, 6) is 0. The summed E-state index contributed by atoms with van der Waals surface area (Å²) in [6.45, 7) is 0. The first-order chi connectivity index (χ1) is 5.41. The molecule has 2 aliphatic rings.